The molecule has 1 aromatic rings. The van der Waals surface area contributed by atoms with Crippen molar-refractivity contribution in [2.24, 2.45) is 17.3 Å². The number of hydrogen-bond acceptors (Lipinski definition) is 3. The average Bonchev–Trinajstić information content (AvgIpc) is 3.23. The van der Waals surface area contributed by atoms with E-state index in [0.29, 0.717) is 12.0 Å². The van der Waals surface area contributed by atoms with Crippen molar-refractivity contribution < 1.29 is 9.32 Å². The molecule has 0 bridgehead atoms. The van der Waals surface area contributed by atoms with Crippen LogP contribution in [0.5, 0.6) is 0 Å². The molecule has 0 saturated heterocycles. The average molecular weight is 332 g/mol. The van der Waals surface area contributed by atoms with Crippen LogP contribution in [0.15, 0.2) is 10.6 Å². The van der Waals surface area contributed by atoms with Crippen LogP contribution in [0.4, 0.5) is 0 Å². The zero-order valence-corrected chi connectivity index (χ0v) is 15.4. The van der Waals surface area contributed by atoms with Crippen molar-refractivity contribution in [3.8, 4) is 0 Å². The molecule has 2 saturated carbocycles. The Labute approximate surface area is 145 Å². The lowest BCUT2D eigenvalue weighted by molar-refractivity contribution is -0.129. The molecular formula is C20H32N2O2. The monoisotopic (exact) mass is 332 g/mol. The second-order valence-electron chi connectivity index (χ2n) is 8.39. The van der Waals surface area contributed by atoms with E-state index in [1.54, 1.807) is 0 Å². The summed E-state index contributed by atoms with van der Waals surface area (Å²) in [5.74, 6) is 2.12. The van der Waals surface area contributed by atoms with E-state index in [-0.39, 0.29) is 17.2 Å². The van der Waals surface area contributed by atoms with Crippen LogP contribution in [0, 0.1) is 17.3 Å². The third-order valence-electron chi connectivity index (χ3n) is 6.35. The SMILES string of the molecule is CCCCc1cc(C[C@@H]2C[C@H](NC(=O)C3CCCC3)C2(C)C)no1. The second-order valence-corrected chi connectivity index (χ2v) is 8.39. The summed E-state index contributed by atoms with van der Waals surface area (Å²) in [6, 6.07) is 2.43. The van der Waals surface area contributed by atoms with Crippen LogP contribution in [0.25, 0.3) is 0 Å². The van der Waals surface area contributed by atoms with Crippen molar-refractivity contribution in [1.82, 2.24) is 10.5 Å². The van der Waals surface area contributed by atoms with Crippen LogP contribution in [-0.4, -0.2) is 17.1 Å². The Morgan fingerprint density at radius 3 is 2.79 bits per heavy atom. The minimum Gasteiger partial charge on any atom is -0.361 e. The number of unbranched alkanes of at least 4 members (excludes halogenated alkanes) is 1. The zero-order valence-electron chi connectivity index (χ0n) is 15.4. The standard InChI is InChI=1S/C20H32N2O2/c1-4-5-10-17-13-16(22-24-17)11-15-12-18(20(15,2)3)21-19(23)14-8-6-7-9-14/h13-15,18H,4-12H2,1-3H3,(H,21,23)/t15-,18+/m1/s1. The molecule has 2 aliphatic rings. The molecule has 2 atom stereocenters. The van der Waals surface area contributed by atoms with Gasteiger partial charge in [0.25, 0.3) is 0 Å². The molecule has 1 heterocycles. The normalized spacial score (nSPS) is 26.3. The van der Waals surface area contributed by atoms with Gasteiger partial charge in [0.15, 0.2) is 0 Å². The lowest BCUT2D eigenvalue weighted by Gasteiger charge is -2.52. The van der Waals surface area contributed by atoms with E-state index in [2.05, 4.69) is 37.3 Å². The third kappa shape index (κ3) is 3.68. The topological polar surface area (TPSA) is 55.1 Å². The van der Waals surface area contributed by atoms with Gasteiger partial charge in [0, 0.05) is 24.4 Å². The maximum Gasteiger partial charge on any atom is 0.223 e. The van der Waals surface area contributed by atoms with E-state index in [1.807, 2.05) is 0 Å². The first-order valence-corrected chi connectivity index (χ1v) is 9.75. The summed E-state index contributed by atoms with van der Waals surface area (Å²) in [5, 5.41) is 7.56. The molecule has 0 aliphatic heterocycles. The van der Waals surface area contributed by atoms with E-state index in [4.69, 9.17) is 4.52 Å². The van der Waals surface area contributed by atoms with E-state index >= 15 is 0 Å². The second kappa shape index (κ2) is 7.28. The first-order valence-electron chi connectivity index (χ1n) is 9.75. The van der Waals surface area contributed by atoms with Crippen molar-refractivity contribution in [2.45, 2.75) is 84.6 Å². The van der Waals surface area contributed by atoms with Gasteiger partial charge in [-0.15, -0.1) is 0 Å². The summed E-state index contributed by atoms with van der Waals surface area (Å²) >= 11 is 0. The molecular weight excluding hydrogens is 300 g/mol. The van der Waals surface area contributed by atoms with Gasteiger partial charge in [0.2, 0.25) is 5.91 Å². The number of rotatable bonds is 7. The molecule has 3 rings (SSSR count). The number of amides is 1. The lowest BCUT2D eigenvalue weighted by atomic mass is 9.57. The summed E-state index contributed by atoms with van der Waals surface area (Å²) in [6.45, 7) is 6.74. The summed E-state index contributed by atoms with van der Waals surface area (Å²) in [5.41, 5.74) is 1.20. The number of hydrogen-bond donors (Lipinski definition) is 1. The Bertz CT molecular complexity index is 558. The highest BCUT2D eigenvalue weighted by molar-refractivity contribution is 5.79. The zero-order chi connectivity index (χ0) is 17.2. The minimum absolute atomic E-state index is 0.136. The fourth-order valence-electron chi connectivity index (χ4n) is 4.26. The predicted octanol–water partition coefficient (Wildman–Crippen LogP) is 4.28. The van der Waals surface area contributed by atoms with Crippen LogP contribution in [0.2, 0.25) is 0 Å². The largest absolute Gasteiger partial charge is 0.361 e. The highest BCUT2D eigenvalue weighted by atomic mass is 16.5. The molecule has 0 aromatic carbocycles. The summed E-state index contributed by atoms with van der Waals surface area (Å²) in [6.07, 6.45) is 9.89. The van der Waals surface area contributed by atoms with Crippen LogP contribution in [-0.2, 0) is 17.6 Å². The van der Waals surface area contributed by atoms with Crippen molar-refractivity contribution >= 4 is 5.91 Å². The first-order chi connectivity index (χ1) is 11.5. The maximum absolute atomic E-state index is 12.4. The highest BCUT2D eigenvalue weighted by Gasteiger charge is 2.49. The molecule has 1 aromatic heterocycles. The van der Waals surface area contributed by atoms with E-state index in [0.717, 1.165) is 50.0 Å². The van der Waals surface area contributed by atoms with Gasteiger partial charge in [-0.05, 0) is 43.4 Å². The molecule has 4 nitrogen and oxygen atoms in total. The number of nitrogens with zero attached hydrogens (tertiary/aromatic N) is 1. The molecule has 0 spiro atoms. The Kier molecular flexibility index (Phi) is 5.31. The smallest absolute Gasteiger partial charge is 0.223 e. The Morgan fingerprint density at radius 2 is 2.12 bits per heavy atom. The van der Waals surface area contributed by atoms with Gasteiger partial charge in [-0.1, -0.05) is 45.2 Å². The Hall–Kier alpha value is -1.32. The number of aryl methyl sites for hydroxylation is 1. The Morgan fingerprint density at radius 1 is 1.38 bits per heavy atom. The van der Waals surface area contributed by atoms with Crippen LogP contribution < -0.4 is 5.32 Å². The molecule has 0 radical (unpaired) electrons. The molecule has 134 valence electrons. The van der Waals surface area contributed by atoms with Gasteiger partial charge in [0.05, 0.1) is 5.69 Å². The Balaban J connectivity index is 1.50. The fourth-order valence-corrected chi connectivity index (χ4v) is 4.26. The molecule has 1 amide bonds. The van der Waals surface area contributed by atoms with Crippen molar-refractivity contribution in [3.05, 3.63) is 17.5 Å². The van der Waals surface area contributed by atoms with Crippen LogP contribution in [0.1, 0.15) is 77.2 Å². The predicted molar refractivity (Wildman–Crippen MR) is 94.6 cm³/mol. The van der Waals surface area contributed by atoms with Gasteiger partial charge in [-0.25, -0.2) is 0 Å². The van der Waals surface area contributed by atoms with Crippen LogP contribution in [0.3, 0.4) is 0 Å². The maximum atomic E-state index is 12.4. The van der Waals surface area contributed by atoms with Crippen LogP contribution >= 0.6 is 0 Å². The van der Waals surface area contributed by atoms with Gasteiger partial charge < -0.3 is 9.84 Å². The van der Waals surface area contributed by atoms with Crippen molar-refractivity contribution in [2.75, 3.05) is 0 Å². The molecule has 24 heavy (non-hydrogen) atoms. The summed E-state index contributed by atoms with van der Waals surface area (Å²) in [4.78, 5) is 12.4. The van der Waals surface area contributed by atoms with Gasteiger partial charge in [-0.2, -0.15) is 0 Å². The third-order valence-corrected chi connectivity index (χ3v) is 6.35. The molecule has 2 aliphatic carbocycles. The number of aromatic nitrogens is 1. The van der Waals surface area contributed by atoms with Gasteiger partial charge in [-0.3, -0.25) is 4.79 Å². The van der Waals surface area contributed by atoms with Crippen molar-refractivity contribution in [1.29, 1.82) is 0 Å². The minimum atomic E-state index is 0.136. The van der Waals surface area contributed by atoms with E-state index in [9.17, 15) is 4.79 Å². The first kappa shape index (κ1) is 17.5. The summed E-state index contributed by atoms with van der Waals surface area (Å²) < 4.78 is 5.44. The van der Waals surface area contributed by atoms with Gasteiger partial charge >= 0.3 is 0 Å². The number of carbonyl (C=O) groups is 1. The van der Waals surface area contributed by atoms with E-state index in [1.165, 1.54) is 19.3 Å². The molecule has 1 N–H and O–H groups in total. The van der Waals surface area contributed by atoms with E-state index < -0.39 is 0 Å². The molecule has 4 heteroatoms. The highest BCUT2D eigenvalue weighted by Crippen LogP contribution is 2.48. The van der Waals surface area contributed by atoms with Crippen molar-refractivity contribution in [3.63, 3.8) is 0 Å². The fraction of sp³-hybridized carbons (Fsp3) is 0.800. The quantitative estimate of drug-likeness (QED) is 0.811. The summed E-state index contributed by atoms with van der Waals surface area (Å²) in [7, 11) is 0. The molecule has 0 unspecified atom stereocenters. The lowest BCUT2D eigenvalue weighted by Crippen LogP contribution is -2.59. The number of nitrogens with one attached hydrogen (secondary N) is 1. The van der Waals surface area contributed by atoms with Gasteiger partial charge in [0.1, 0.15) is 5.76 Å². The number of carbonyl (C=O) groups excluding carboxylic acids is 1. The molecule has 2 fully saturated rings.